The molecule has 0 radical (unpaired) electrons. The molecule has 5 aromatic carbocycles. The molecule has 1 heteroatoms. The summed E-state index contributed by atoms with van der Waals surface area (Å²) in [6.07, 6.45) is 0. The van der Waals surface area contributed by atoms with Gasteiger partial charge in [0.1, 0.15) is 0 Å². The predicted octanol–water partition coefficient (Wildman–Crippen LogP) is 8.55. The summed E-state index contributed by atoms with van der Waals surface area (Å²) in [7, 11) is 0. The maximum absolute atomic E-state index is 4.03. The largest absolute Gasteiger partial charge is 0.0622 e. The third-order valence-electron chi connectivity index (χ3n) is 6.56. The number of halogens is 1. The minimum absolute atomic E-state index is 0.328. The molecule has 1 aliphatic carbocycles. The van der Waals surface area contributed by atoms with Crippen molar-refractivity contribution in [3.05, 3.63) is 142 Å². The summed E-state index contributed by atoms with van der Waals surface area (Å²) in [5, 5.41) is 2.60. The van der Waals surface area contributed by atoms with Gasteiger partial charge in [0.2, 0.25) is 0 Å². The number of rotatable bonds is 3. The minimum Gasteiger partial charge on any atom is -0.0622 e. The van der Waals surface area contributed by atoms with E-state index < -0.39 is 0 Å². The summed E-state index contributed by atoms with van der Waals surface area (Å²) >= 11 is 4.03. The number of hydrogen-bond acceptors (Lipinski definition) is 0. The van der Waals surface area contributed by atoms with Gasteiger partial charge in [0.05, 0.1) is 0 Å². The number of hydrogen-bond donors (Lipinski definition) is 0. The van der Waals surface area contributed by atoms with Gasteiger partial charge < -0.3 is 0 Å². The average Bonchev–Trinajstić information content (AvgIpc) is 2.83. The maximum Gasteiger partial charge on any atom is 0.0295 e. The summed E-state index contributed by atoms with van der Waals surface area (Å²) < 4.78 is 1.24. The van der Waals surface area contributed by atoms with Gasteiger partial charge >= 0.3 is 0 Å². The van der Waals surface area contributed by atoms with Crippen LogP contribution in [-0.2, 0) is 0 Å². The Labute approximate surface area is 191 Å². The Bertz CT molecular complexity index is 1370. The standard InChI is InChI=1S/C30H21Br/c31-30-24-19-11-10-18-23(24)25(20-12-4-1-5-13-20)28-26(21-14-6-2-7-15-21)27(29(28)30)22-16-8-3-9-17-22/h1-19,26-27H/t26-,27-/m1/s1. The Morgan fingerprint density at radius 1 is 0.452 bits per heavy atom. The molecule has 148 valence electrons. The van der Waals surface area contributed by atoms with Crippen molar-refractivity contribution in [3.8, 4) is 11.1 Å². The van der Waals surface area contributed by atoms with E-state index in [1.165, 1.54) is 48.6 Å². The lowest BCUT2D eigenvalue weighted by atomic mass is 9.60. The van der Waals surface area contributed by atoms with Crippen LogP contribution in [0.1, 0.15) is 34.1 Å². The fraction of sp³-hybridized carbons (Fsp3) is 0.0667. The molecule has 0 N–H and O–H groups in total. The summed E-state index contributed by atoms with van der Waals surface area (Å²) in [6, 6.07) is 41.6. The van der Waals surface area contributed by atoms with Crippen LogP contribution in [0.4, 0.5) is 0 Å². The second kappa shape index (κ2) is 7.51. The van der Waals surface area contributed by atoms with Crippen LogP contribution >= 0.6 is 15.9 Å². The van der Waals surface area contributed by atoms with Crippen molar-refractivity contribution in [3.63, 3.8) is 0 Å². The SMILES string of the molecule is Brc1c2c(c(-c3ccccc3)c3ccccc13)[C@H](c1ccccc1)[C@H]2c1ccccc1. The fourth-order valence-electron chi connectivity index (χ4n) is 5.25. The first-order valence-electron chi connectivity index (χ1n) is 10.7. The molecular formula is C30H21Br. The molecular weight excluding hydrogens is 440 g/mol. The second-order valence-corrected chi connectivity index (χ2v) is 9.00. The van der Waals surface area contributed by atoms with Crippen LogP contribution in [0.25, 0.3) is 21.9 Å². The van der Waals surface area contributed by atoms with Gasteiger partial charge in [-0.3, -0.25) is 0 Å². The molecule has 5 aromatic rings. The molecule has 0 bridgehead atoms. The van der Waals surface area contributed by atoms with Crippen LogP contribution in [0.15, 0.2) is 120 Å². The zero-order valence-corrected chi connectivity index (χ0v) is 18.6. The van der Waals surface area contributed by atoms with Crippen LogP contribution in [0.3, 0.4) is 0 Å². The van der Waals surface area contributed by atoms with Crippen molar-refractivity contribution < 1.29 is 0 Å². The molecule has 31 heavy (non-hydrogen) atoms. The first-order chi connectivity index (χ1) is 15.3. The highest BCUT2D eigenvalue weighted by atomic mass is 79.9. The number of benzene rings is 5. The van der Waals surface area contributed by atoms with Crippen molar-refractivity contribution in [2.75, 3.05) is 0 Å². The van der Waals surface area contributed by atoms with Gasteiger partial charge in [0, 0.05) is 16.3 Å². The lowest BCUT2D eigenvalue weighted by Crippen LogP contribution is -2.28. The Kier molecular flexibility index (Phi) is 4.51. The molecule has 0 heterocycles. The van der Waals surface area contributed by atoms with E-state index >= 15 is 0 Å². The van der Waals surface area contributed by atoms with Gasteiger partial charge in [0.15, 0.2) is 0 Å². The summed E-state index contributed by atoms with van der Waals surface area (Å²) in [4.78, 5) is 0. The monoisotopic (exact) mass is 460 g/mol. The van der Waals surface area contributed by atoms with Crippen LogP contribution in [-0.4, -0.2) is 0 Å². The van der Waals surface area contributed by atoms with Crippen molar-refractivity contribution >= 4 is 26.7 Å². The molecule has 2 atom stereocenters. The van der Waals surface area contributed by atoms with Gasteiger partial charge in [-0.2, -0.15) is 0 Å². The summed E-state index contributed by atoms with van der Waals surface area (Å²) in [6.45, 7) is 0. The molecule has 0 saturated heterocycles. The van der Waals surface area contributed by atoms with E-state index in [4.69, 9.17) is 0 Å². The lowest BCUT2D eigenvalue weighted by molar-refractivity contribution is 0.607. The molecule has 0 spiro atoms. The van der Waals surface area contributed by atoms with Crippen LogP contribution in [0.5, 0.6) is 0 Å². The molecule has 6 rings (SSSR count). The molecule has 0 saturated carbocycles. The molecule has 1 aliphatic rings. The lowest BCUT2D eigenvalue weighted by Gasteiger charge is -2.44. The van der Waals surface area contributed by atoms with E-state index in [9.17, 15) is 0 Å². The Morgan fingerprint density at radius 3 is 1.48 bits per heavy atom. The zero-order valence-electron chi connectivity index (χ0n) is 17.0. The van der Waals surface area contributed by atoms with E-state index in [1.807, 2.05) is 0 Å². The van der Waals surface area contributed by atoms with E-state index in [0.717, 1.165) is 0 Å². The van der Waals surface area contributed by atoms with Crippen molar-refractivity contribution in [1.29, 1.82) is 0 Å². The first kappa shape index (κ1) is 18.6. The van der Waals surface area contributed by atoms with E-state index in [-0.39, 0.29) is 0 Å². The van der Waals surface area contributed by atoms with Crippen molar-refractivity contribution in [1.82, 2.24) is 0 Å². The first-order valence-corrected chi connectivity index (χ1v) is 11.5. The van der Waals surface area contributed by atoms with E-state index in [1.54, 1.807) is 0 Å². The van der Waals surface area contributed by atoms with Gasteiger partial charge in [-0.1, -0.05) is 115 Å². The topological polar surface area (TPSA) is 0 Å². The highest BCUT2D eigenvalue weighted by molar-refractivity contribution is 9.10. The smallest absolute Gasteiger partial charge is 0.0295 e. The Morgan fingerprint density at radius 2 is 0.903 bits per heavy atom. The molecule has 0 aromatic heterocycles. The van der Waals surface area contributed by atoms with E-state index in [2.05, 4.69) is 131 Å². The van der Waals surface area contributed by atoms with Crippen LogP contribution in [0.2, 0.25) is 0 Å². The van der Waals surface area contributed by atoms with Crippen LogP contribution in [0, 0.1) is 0 Å². The molecule has 0 aliphatic heterocycles. The van der Waals surface area contributed by atoms with Gasteiger partial charge in [-0.25, -0.2) is 0 Å². The Balaban J connectivity index is 1.73. The van der Waals surface area contributed by atoms with Crippen molar-refractivity contribution in [2.45, 2.75) is 11.8 Å². The van der Waals surface area contributed by atoms with Gasteiger partial charge in [-0.15, -0.1) is 0 Å². The molecule has 0 fully saturated rings. The maximum atomic E-state index is 4.03. The fourth-order valence-corrected chi connectivity index (χ4v) is 6.06. The normalized spacial score (nSPS) is 17.2. The Hall–Kier alpha value is -3.16. The van der Waals surface area contributed by atoms with Crippen LogP contribution < -0.4 is 0 Å². The third kappa shape index (κ3) is 2.88. The zero-order chi connectivity index (χ0) is 20.8. The van der Waals surface area contributed by atoms with Crippen molar-refractivity contribution in [2.24, 2.45) is 0 Å². The predicted molar refractivity (Wildman–Crippen MR) is 134 cm³/mol. The van der Waals surface area contributed by atoms with Gasteiger partial charge in [0.25, 0.3) is 0 Å². The summed E-state index contributed by atoms with van der Waals surface area (Å²) in [5.41, 5.74) is 8.29. The highest BCUT2D eigenvalue weighted by Crippen LogP contribution is 2.61. The summed E-state index contributed by atoms with van der Waals surface area (Å²) in [5.74, 6) is 0.662. The second-order valence-electron chi connectivity index (χ2n) is 8.20. The minimum atomic E-state index is 0.328. The molecule has 0 unspecified atom stereocenters. The average molecular weight is 461 g/mol. The molecule has 0 nitrogen and oxygen atoms in total. The highest BCUT2D eigenvalue weighted by Gasteiger charge is 2.44. The third-order valence-corrected chi connectivity index (χ3v) is 7.42. The quantitative estimate of drug-likeness (QED) is 0.253. The molecule has 0 amide bonds. The van der Waals surface area contributed by atoms with E-state index in [0.29, 0.717) is 11.8 Å². The van der Waals surface area contributed by atoms with Gasteiger partial charge in [-0.05, 0) is 60.1 Å². The number of fused-ring (bicyclic) bond motifs is 2.